The highest BCUT2D eigenvalue weighted by Crippen LogP contribution is 2.36. The Labute approximate surface area is 160 Å². The molecule has 0 bridgehead atoms. The SMILES string of the molecule is COc1nc(OC)c2sc(NC(=O)COc3ccccc3C(F)(F)F)nc2n1. The molecule has 0 fully saturated rings. The maximum atomic E-state index is 12.9. The largest absolute Gasteiger partial charge is 0.483 e. The molecule has 3 aromatic rings. The molecule has 0 unspecified atom stereocenters. The first-order valence-electron chi connectivity index (χ1n) is 7.67. The molecular weight excluding hydrogens is 401 g/mol. The van der Waals surface area contributed by atoms with Crippen LogP contribution >= 0.6 is 11.3 Å². The molecule has 1 amide bonds. The van der Waals surface area contributed by atoms with Crippen molar-refractivity contribution in [1.82, 2.24) is 15.0 Å². The Morgan fingerprint density at radius 2 is 1.89 bits per heavy atom. The second-order valence-corrected chi connectivity index (χ2v) is 6.22. The molecule has 1 aromatic carbocycles. The van der Waals surface area contributed by atoms with Gasteiger partial charge in [0.15, 0.2) is 17.4 Å². The molecular formula is C16H13F3N4O4S. The fourth-order valence-corrected chi connectivity index (χ4v) is 3.08. The molecule has 3 rings (SSSR count). The molecule has 148 valence electrons. The molecule has 0 saturated heterocycles. The van der Waals surface area contributed by atoms with Crippen LogP contribution in [-0.4, -0.2) is 41.7 Å². The van der Waals surface area contributed by atoms with Crippen molar-refractivity contribution in [1.29, 1.82) is 0 Å². The van der Waals surface area contributed by atoms with Crippen LogP contribution in [0.5, 0.6) is 17.6 Å². The number of aromatic nitrogens is 3. The van der Waals surface area contributed by atoms with Gasteiger partial charge in [-0.3, -0.25) is 10.1 Å². The minimum Gasteiger partial charge on any atom is -0.483 e. The highest BCUT2D eigenvalue weighted by Gasteiger charge is 2.34. The molecule has 8 nitrogen and oxygen atoms in total. The van der Waals surface area contributed by atoms with Gasteiger partial charge in [0.2, 0.25) is 5.88 Å². The zero-order valence-corrected chi connectivity index (χ0v) is 15.3. The Morgan fingerprint density at radius 1 is 1.14 bits per heavy atom. The molecule has 0 aliphatic carbocycles. The van der Waals surface area contributed by atoms with E-state index in [4.69, 9.17) is 14.2 Å². The first-order chi connectivity index (χ1) is 13.3. The van der Waals surface area contributed by atoms with E-state index in [-0.39, 0.29) is 22.7 Å². The van der Waals surface area contributed by atoms with Gasteiger partial charge in [0.05, 0.1) is 19.8 Å². The van der Waals surface area contributed by atoms with Gasteiger partial charge >= 0.3 is 12.2 Å². The number of hydrogen-bond acceptors (Lipinski definition) is 8. The van der Waals surface area contributed by atoms with E-state index in [2.05, 4.69) is 20.3 Å². The van der Waals surface area contributed by atoms with Crippen LogP contribution in [0.4, 0.5) is 18.3 Å². The highest BCUT2D eigenvalue weighted by molar-refractivity contribution is 7.22. The quantitative estimate of drug-likeness (QED) is 0.662. The average molecular weight is 414 g/mol. The number of anilines is 1. The van der Waals surface area contributed by atoms with Gasteiger partial charge in [-0.1, -0.05) is 23.5 Å². The summed E-state index contributed by atoms with van der Waals surface area (Å²) in [7, 11) is 2.79. The topological polar surface area (TPSA) is 95.5 Å². The number of thiazole rings is 1. The fourth-order valence-electron chi connectivity index (χ4n) is 2.19. The number of fused-ring (bicyclic) bond motifs is 1. The van der Waals surface area contributed by atoms with Crippen LogP contribution in [0.15, 0.2) is 24.3 Å². The number of nitrogens with one attached hydrogen (secondary N) is 1. The van der Waals surface area contributed by atoms with Gasteiger partial charge in [-0.15, -0.1) is 0 Å². The lowest BCUT2D eigenvalue weighted by molar-refractivity contribution is -0.139. The Bertz CT molecular complexity index is 1010. The van der Waals surface area contributed by atoms with Crippen molar-refractivity contribution in [3.8, 4) is 17.6 Å². The van der Waals surface area contributed by atoms with Crippen molar-refractivity contribution >= 4 is 32.7 Å². The number of carbonyl (C=O) groups is 1. The van der Waals surface area contributed by atoms with Crippen LogP contribution in [-0.2, 0) is 11.0 Å². The number of alkyl halides is 3. The minimum atomic E-state index is -4.59. The number of benzene rings is 1. The number of amides is 1. The number of methoxy groups -OCH3 is 2. The summed E-state index contributed by atoms with van der Waals surface area (Å²) >= 11 is 1.04. The summed E-state index contributed by atoms with van der Waals surface area (Å²) in [6, 6.07) is 4.67. The monoisotopic (exact) mass is 414 g/mol. The van der Waals surface area contributed by atoms with E-state index in [1.165, 1.54) is 26.4 Å². The lowest BCUT2D eigenvalue weighted by atomic mass is 10.2. The first-order valence-corrected chi connectivity index (χ1v) is 8.49. The van der Waals surface area contributed by atoms with Crippen molar-refractivity contribution in [3.63, 3.8) is 0 Å². The maximum Gasteiger partial charge on any atom is 0.419 e. The van der Waals surface area contributed by atoms with Gasteiger partial charge < -0.3 is 14.2 Å². The number of halogens is 3. The Morgan fingerprint density at radius 3 is 2.57 bits per heavy atom. The van der Waals surface area contributed by atoms with Gasteiger partial charge in [-0.05, 0) is 12.1 Å². The smallest absolute Gasteiger partial charge is 0.419 e. The molecule has 0 saturated carbocycles. The van der Waals surface area contributed by atoms with Crippen LogP contribution in [0.3, 0.4) is 0 Å². The summed E-state index contributed by atoms with van der Waals surface area (Å²) in [5.74, 6) is -0.906. The van der Waals surface area contributed by atoms with Gasteiger partial charge in [-0.25, -0.2) is 0 Å². The van der Waals surface area contributed by atoms with Crippen molar-refractivity contribution in [2.45, 2.75) is 6.18 Å². The van der Waals surface area contributed by atoms with Crippen molar-refractivity contribution < 1.29 is 32.2 Å². The van der Waals surface area contributed by atoms with Crippen LogP contribution < -0.4 is 19.5 Å². The van der Waals surface area contributed by atoms with E-state index in [9.17, 15) is 18.0 Å². The van der Waals surface area contributed by atoms with E-state index in [1.807, 2.05) is 0 Å². The van der Waals surface area contributed by atoms with Crippen molar-refractivity contribution in [3.05, 3.63) is 29.8 Å². The number of hydrogen-bond donors (Lipinski definition) is 1. The maximum absolute atomic E-state index is 12.9. The number of para-hydroxylation sites is 1. The van der Waals surface area contributed by atoms with E-state index < -0.39 is 30.0 Å². The molecule has 0 aliphatic rings. The number of carbonyl (C=O) groups excluding carboxylic acids is 1. The molecule has 0 radical (unpaired) electrons. The highest BCUT2D eigenvalue weighted by atomic mass is 32.1. The molecule has 0 spiro atoms. The third-order valence-electron chi connectivity index (χ3n) is 3.38. The Balaban J connectivity index is 1.72. The lowest BCUT2D eigenvalue weighted by Gasteiger charge is -2.13. The second kappa shape index (κ2) is 7.84. The normalized spacial score (nSPS) is 11.3. The lowest BCUT2D eigenvalue weighted by Crippen LogP contribution is -2.21. The fraction of sp³-hybridized carbons (Fsp3) is 0.250. The molecule has 0 atom stereocenters. The summed E-state index contributed by atoms with van der Waals surface area (Å²) in [4.78, 5) is 24.2. The summed E-state index contributed by atoms with van der Waals surface area (Å²) in [6.07, 6.45) is -4.59. The summed E-state index contributed by atoms with van der Waals surface area (Å²) in [5, 5.41) is 2.61. The number of nitrogens with zero attached hydrogens (tertiary/aromatic N) is 3. The third-order valence-corrected chi connectivity index (χ3v) is 4.32. The van der Waals surface area contributed by atoms with Gasteiger partial charge in [0, 0.05) is 0 Å². The van der Waals surface area contributed by atoms with Crippen molar-refractivity contribution in [2.75, 3.05) is 26.1 Å². The third kappa shape index (κ3) is 4.22. The van der Waals surface area contributed by atoms with Crippen LogP contribution in [0, 0.1) is 0 Å². The molecule has 12 heteroatoms. The van der Waals surface area contributed by atoms with E-state index in [0.717, 1.165) is 23.5 Å². The van der Waals surface area contributed by atoms with Gasteiger partial charge in [0.25, 0.3) is 5.91 Å². The number of ether oxygens (including phenoxy) is 3. The van der Waals surface area contributed by atoms with Gasteiger partial charge in [0.1, 0.15) is 10.4 Å². The second-order valence-electron chi connectivity index (χ2n) is 5.22. The number of rotatable bonds is 6. The van der Waals surface area contributed by atoms with Crippen LogP contribution in [0.2, 0.25) is 0 Å². The first kappa shape index (κ1) is 19.6. The zero-order chi connectivity index (χ0) is 20.3. The summed E-state index contributed by atoms with van der Waals surface area (Å²) in [5.41, 5.74) is -0.720. The molecule has 0 aliphatic heterocycles. The van der Waals surface area contributed by atoms with E-state index in [0.29, 0.717) is 4.70 Å². The average Bonchev–Trinajstić information content (AvgIpc) is 3.07. The summed E-state index contributed by atoms with van der Waals surface area (Å²) in [6.45, 7) is -0.630. The molecule has 1 N–H and O–H groups in total. The Hall–Kier alpha value is -3.15. The zero-order valence-electron chi connectivity index (χ0n) is 14.5. The Kier molecular flexibility index (Phi) is 5.49. The standard InChI is InChI=1S/C16H13F3N4O4S/c1-25-13-11-12(21-14(23-13)26-2)22-15(28-11)20-10(24)7-27-9-6-4-3-5-8(9)16(17,18)19/h3-6H,7H2,1-2H3,(H,20,21,22,23,24). The van der Waals surface area contributed by atoms with Gasteiger partial charge in [-0.2, -0.15) is 28.1 Å². The minimum absolute atomic E-state index is 0.0413. The van der Waals surface area contributed by atoms with Crippen LogP contribution in [0.25, 0.3) is 10.3 Å². The summed E-state index contributed by atoms with van der Waals surface area (Å²) < 4.78 is 54.4. The molecule has 28 heavy (non-hydrogen) atoms. The molecule has 2 aromatic heterocycles. The molecule has 2 heterocycles. The van der Waals surface area contributed by atoms with Crippen LogP contribution in [0.1, 0.15) is 5.56 Å². The van der Waals surface area contributed by atoms with E-state index >= 15 is 0 Å². The predicted molar refractivity (Wildman–Crippen MR) is 93.9 cm³/mol. The van der Waals surface area contributed by atoms with Crippen molar-refractivity contribution in [2.24, 2.45) is 0 Å². The van der Waals surface area contributed by atoms with E-state index in [1.54, 1.807) is 0 Å². The predicted octanol–water partition coefficient (Wildman–Crippen LogP) is 3.14.